The lowest BCUT2D eigenvalue weighted by atomic mass is 10.0. The number of hydrogen-bond acceptors (Lipinski definition) is 14. The molecule has 4 atom stereocenters. The predicted octanol–water partition coefficient (Wildman–Crippen LogP) is 7.31. The zero-order valence-electron chi connectivity index (χ0n) is 35.4. The fourth-order valence-corrected chi connectivity index (χ4v) is 12.8. The van der Waals surface area contributed by atoms with Crippen molar-refractivity contribution >= 4 is 94.3 Å². The summed E-state index contributed by atoms with van der Waals surface area (Å²) in [5.74, 6) is 0.593. The van der Waals surface area contributed by atoms with Gasteiger partial charge in [0.2, 0.25) is 5.91 Å². The molecule has 13 nitrogen and oxygen atoms in total. The van der Waals surface area contributed by atoms with Crippen LogP contribution in [-0.4, -0.2) is 120 Å². The lowest BCUT2D eigenvalue weighted by Gasteiger charge is -2.37. The lowest BCUT2D eigenvalue weighted by Crippen LogP contribution is -2.48. The molecule has 4 saturated heterocycles. The van der Waals surface area contributed by atoms with Crippen molar-refractivity contribution in [1.29, 1.82) is 0 Å². The van der Waals surface area contributed by atoms with E-state index in [1.807, 2.05) is 58.3 Å². The monoisotopic (exact) mass is 937 g/mol. The number of fused-ring (bicyclic) bond motifs is 2. The molecule has 0 radical (unpaired) electrons. The summed E-state index contributed by atoms with van der Waals surface area (Å²) in [6.07, 6.45) is 5.55. The Morgan fingerprint density at radius 3 is 1.75 bits per heavy atom. The molecule has 6 aromatic rings. The van der Waals surface area contributed by atoms with Gasteiger partial charge in [-0.3, -0.25) is 19.2 Å². The van der Waals surface area contributed by atoms with Crippen LogP contribution < -0.4 is 16.0 Å². The Balaban J connectivity index is 0.555. The number of ketones is 1. The summed E-state index contributed by atoms with van der Waals surface area (Å²) < 4.78 is 14.6. The van der Waals surface area contributed by atoms with Crippen molar-refractivity contribution in [2.45, 2.75) is 81.1 Å². The van der Waals surface area contributed by atoms with E-state index < -0.39 is 0 Å². The molecule has 2 aromatic carbocycles. The number of thiazole rings is 2. The molecule has 334 valence electrons. The highest BCUT2D eigenvalue weighted by molar-refractivity contribution is 7.19. The molecule has 64 heavy (non-hydrogen) atoms. The fraction of sp³-hybridized carbons (Fsp3) is 0.447. The molecule has 4 aliphatic heterocycles. The molecule has 0 unspecified atom stereocenters. The molecular weight excluding hydrogens is 887 g/mol. The molecule has 17 heteroatoms. The van der Waals surface area contributed by atoms with Gasteiger partial charge in [-0.05, 0) is 74.2 Å². The number of unbranched alkanes of at least 4 members (excludes halogenated alkanes) is 3. The number of nitrogens with zero attached hydrogens (tertiary/aromatic N) is 4. The number of carbonyl (C=O) groups is 4. The van der Waals surface area contributed by atoms with E-state index in [1.165, 1.54) is 32.1 Å². The maximum Gasteiger partial charge on any atom is 0.264 e. The maximum atomic E-state index is 13.2. The van der Waals surface area contributed by atoms with Crippen LogP contribution in [0.1, 0.15) is 84.6 Å². The van der Waals surface area contributed by atoms with Gasteiger partial charge in [0.05, 0.1) is 59.5 Å². The summed E-state index contributed by atoms with van der Waals surface area (Å²) >= 11 is 6.14. The topological polar surface area (TPSA) is 155 Å². The number of para-hydroxylation sites is 2. The molecule has 4 aliphatic rings. The second kappa shape index (κ2) is 19.6. The number of thiophene rings is 2. The summed E-state index contributed by atoms with van der Waals surface area (Å²) in [5.41, 5.74) is 2.03. The minimum atomic E-state index is -0.339. The fourth-order valence-electron chi connectivity index (χ4n) is 8.82. The standard InChI is InChI=1S/C47H51N7O6S4/c55-37(21-32-13-14-40(61-32)46(57)53-24-28(25-53)44-50-33-9-3-5-11-38(33)63-44)35-19-30(22-48-35)59-17-7-1-2-8-18-60-31-20-36(49-23-31)43(56)52-42-16-15-41(62-42)47(58)54-26-29(27-54)45-51-34-10-4-6-12-39(34)64-45/h3-6,9-16,28-31,35-36,48-49H,1-2,7-8,17-27H2,(H,52,56)/t30-,31-,35+,36+/m1/s1. The van der Waals surface area contributed by atoms with Crippen LogP contribution in [0, 0.1) is 0 Å². The average Bonchev–Trinajstić information content (AvgIpc) is 4.13. The minimum Gasteiger partial charge on any atom is -0.377 e. The van der Waals surface area contributed by atoms with Gasteiger partial charge in [0.25, 0.3) is 11.8 Å². The number of likely N-dealkylation sites (tertiary alicyclic amines) is 2. The first-order valence-corrected chi connectivity index (χ1v) is 25.6. The van der Waals surface area contributed by atoms with Gasteiger partial charge < -0.3 is 35.2 Å². The summed E-state index contributed by atoms with van der Waals surface area (Å²) in [6, 6.07) is 23.1. The highest BCUT2D eigenvalue weighted by atomic mass is 32.1. The van der Waals surface area contributed by atoms with Crippen molar-refractivity contribution < 1.29 is 28.7 Å². The highest BCUT2D eigenvalue weighted by Crippen LogP contribution is 2.36. The van der Waals surface area contributed by atoms with Crippen molar-refractivity contribution in [2.75, 3.05) is 57.8 Å². The summed E-state index contributed by atoms with van der Waals surface area (Å²) in [7, 11) is 0. The number of Topliss-reactive ketones (excluding diaryl/α,β-unsaturated/α-hetero) is 1. The van der Waals surface area contributed by atoms with E-state index >= 15 is 0 Å². The zero-order valence-corrected chi connectivity index (χ0v) is 38.6. The van der Waals surface area contributed by atoms with Gasteiger partial charge in [0.1, 0.15) is 10.0 Å². The van der Waals surface area contributed by atoms with E-state index in [2.05, 4.69) is 28.1 Å². The lowest BCUT2D eigenvalue weighted by molar-refractivity contribution is -0.120. The first-order chi connectivity index (χ1) is 31.3. The van der Waals surface area contributed by atoms with E-state index in [9.17, 15) is 19.2 Å². The number of nitrogens with one attached hydrogen (secondary N) is 3. The van der Waals surface area contributed by atoms with E-state index in [-0.39, 0.29) is 59.6 Å². The Labute approximate surface area is 387 Å². The van der Waals surface area contributed by atoms with Crippen LogP contribution in [0.25, 0.3) is 20.4 Å². The molecule has 0 spiro atoms. The third-order valence-electron chi connectivity index (χ3n) is 12.6. The van der Waals surface area contributed by atoms with Crippen LogP contribution in [0.5, 0.6) is 0 Å². The average molecular weight is 938 g/mol. The number of carbonyl (C=O) groups excluding carboxylic acids is 4. The van der Waals surface area contributed by atoms with Gasteiger partial charge in [-0.1, -0.05) is 37.1 Å². The molecule has 10 rings (SSSR count). The molecule has 3 N–H and O–H groups in total. The molecule has 0 saturated carbocycles. The van der Waals surface area contributed by atoms with Gasteiger partial charge >= 0.3 is 0 Å². The van der Waals surface area contributed by atoms with Crippen molar-refractivity contribution in [2.24, 2.45) is 0 Å². The number of amides is 3. The number of hydrogen-bond donors (Lipinski definition) is 3. The first-order valence-electron chi connectivity index (χ1n) is 22.3. The summed E-state index contributed by atoms with van der Waals surface area (Å²) in [6.45, 7) is 5.26. The second-order valence-electron chi connectivity index (χ2n) is 17.2. The normalized spacial score (nSPS) is 21.4. The van der Waals surface area contributed by atoms with Crippen LogP contribution in [0.3, 0.4) is 0 Å². The van der Waals surface area contributed by atoms with Crippen molar-refractivity contribution in [3.05, 3.63) is 97.4 Å². The Morgan fingerprint density at radius 2 is 1.16 bits per heavy atom. The molecule has 4 aromatic heterocycles. The number of anilines is 1. The smallest absolute Gasteiger partial charge is 0.264 e. The number of ether oxygens (including phenoxy) is 2. The van der Waals surface area contributed by atoms with E-state index in [4.69, 9.17) is 19.4 Å². The van der Waals surface area contributed by atoms with E-state index in [1.54, 1.807) is 34.8 Å². The van der Waals surface area contributed by atoms with Crippen LogP contribution in [0.2, 0.25) is 0 Å². The van der Waals surface area contributed by atoms with Gasteiger partial charge in [-0.15, -0.1) is 45.3 Å². The van der Waals surface area contributed by atoms with Crippen LogP contribution in [-0.2, 0) is 25.5 Å². The third kappa shape index (κ3) is 9.87. The van der Waals surface area contributed by atoms with Crippen molar-refractivity contribution in [3.8, 4) is 0 Å². The Morgan fingerprint density at radius 1 is 0.625 bits per heavy atom. The maximum absolute atomic E-state index is 13.2. The van der Waals surface area contributed by atoms with E-state index in [0.717, 1.165) is 51.6 Å². The molecule has 8 heterocycles. The SMILES string of the molecule is O=C(Cc1ccc(C(=O)N2CC(c3nc4ccccc4s3)C2)s1)[C@@H]1C[C@@H](OCCCCCCO[C@H]2CN[C@H](C(=O)Nc3ccc(C(=O)N4CC(c5nc6ccccc6s5)C4)s3)C2)CN1. The first kappa shape index (κ1) is 43.4. The molecule has 0 bridgehead atoms. The summed E-state index contributed by atoms with van der Waals surface area (Å²) in [4.78, 5) is 68.0. The van der Waals surface area contributed by atoms with Crippen LogP contribution in [0.4, 0.5) is 5.00 Å². The van der Waals surface area contributed by atoms with Gasteiger partial charge in [-0.25, -0.2) is 9.97 Å². The Kier molecular flexibility index (Phi) is 13.3. The van der Waals surface area contributed by atoms with E-state index in [0.29, 0.717) is 86.5 Å². The largest absolute Gasteiger partial charge is 0.377 e. The van der Waals surface area contributed by atoms with Crippen LogP contribution in [0.15, 0.2) is 72.8 Å². The predicted molar refractivity (Wildman–Crippen MR) is 253 cm³/mol. The van der Waals surface area contributed by atoms with Crippen LogP contribution >= 0.6 is 45.3 Å². The van der Waals surface area contributed by atoms with Crippen molar-refractivity contribution in [3.63, 3.8) is 0 Å². The molecule has 4 fully saturated rings. The van der Waals surface area contributed by atoms with Crippen molar-refractivity contribution in [1.82, 2.24) is 30.4 Å². The van der Waals surface area contributed by atoms with Gasteiger partial charge in [-0.2, -0.15) is 0 Å². The van der Waals surface area contributed by atoms with Gasteiger partial charge in [0.15, 0.2) is 5.78 Å². The summed E-state index contributed by atoms with van der Waals surface area (Å²) in [5, 5.41) is 12.5. The molecular formula is C47H51N7O6S4. The molecule has 0 aliphatic carbocycles. The quantitative estimate of drug-likeness (QED) is 0.0748. The Bertz CT molecular complexity index is 2380. The second-order valence-corrected chi connectivity index (χ2v) is 21.6. The Hall–Kier alpha value is -4.46. The van der Waals surface area contributed by atoms with Gasteiger partial charge in [0, 0.05) is 75.6 Å². The zero-order chi connectivity index (χ0) is 43.6. The number of aromatic nitrogens is 2. The number of rotatable bonds is 18. The number of benzene rings is 2. The third-order valence-corrected chi connectivity index (χ3v) is 17.0. The highest BCUT2D eigenvalue weighted by Gasteiger charge is 2.37. The minimum absolute atomic E-state index is 0.00844. The molecule has 3 amide bonds.